The molecule has 4 rings (SSSR count). The van der Waals surface area contributed by atoms with E-state index < -0.39 is 6.04 Å². The Bertz CT molecular complexity index is 716. The van der Waals surface area contributed by atoms with Crippen molar-refractivity contribution in [3.05, 3.63) is 17.5 Å². The van der Waals surface area contributed by atoms with Gasteiger partial charge in [0.25, 0.3) is 0 Å². The van der Waals surface area contributed by atoms with Gasteiger partial charge >= 0.3 is 0 Å². The normalized spacial score (nSPS) is 30.5. The molecule has 2 saturated heterocycles. The lowest BCUT2D eigenvalue weighted by atomic mass is 9.94. The van der Waals surface area contributed by atoms with Crippen molar-refractivity contribution in [1.82, 2.24) is 30.8 Å². The number of carbonyl (C=O) groups is 2. The first kappa shape index (κ1) is 16.6. The number of tetrazole rings is 1. The lowest BCUT2D eigenvalue weighted by molar-refractivity contribution is -0.151. The first-order valence-corrected chi connectivity index (χ1v) is 9.56. The molecule has 2 N–H and O–H groups in total. The first-order chi connectivity index (χ1) is 12.0. The van der Waals surface area contributed by atoms with E-state index in [4.69, 9.17) is 0 Å². The van der Waals surface area contributed by atoms with Crippen molar-refractivity contribution in [2.75, 3.05) is 0 Å². The third kappa shape index (κ3) is 2.84. The highest BCUT2D eigenvalue weighted by Crippen LogP contribution is 2.56. The Morgan fingerprint density at radius 2 is 2.32 bits per heavy atom. The van der Waals surface area contributed by atoms with Crippen LogP contribution in [-0.4, -0.2) is 53.5 Å². The zero-order valence-electron chi connectivity index (χ0n) is 14.4. The summed E-state index contributed by atoms with van der Waals surface area (Å²) in [4.78, 5) is 26.8. The van der Waals surface area contributed by atoms with Crippen LogP contribution in [0.15, 0.2) is 11.6 Å². The van der Waals surface area contributed by atoms with Gasteiger partial charge in [0, 0.05) is 11.2 Å². The Hall–Kier alpha value is -1.90. The maximum Gasteiger partial charge on any atom is 0.249 e. The number of hydrogen-bond acceptors (Lipinski definition) is 6. The van der Waals surface area contributed by atoms with Crippen molar-refractivity contribution in [3.63, 3.8) is 0 Å². The van der Waals surface area contributed by atoms with Crippen LogP contribution in [0.5, 0.6) is 0 Å². The van der Waals surface area contributed by atoms with E-state index in [9.17, 15) is 9.59 Å². The SMILES string of the molecule is CC1(C)S[C@@H]2C(NC(=O)CC3=CCCCC3)C(=O)N2C1c1nn[nH]n1. The molecule has 3 aliphatic rings. The molecule has 25 heavy (non-hydrogen) atoms. The van der Waals surface area contributed by atoms with E-state index in [0.717, 1.165) is 19.3 Å². The summed E-state index contributed by atoms with van der Waals surface area (Å²) in [5, 5.41) is 17.0. The lowest BCUT2D eigenvalue weighted by Crippen LogP contribution is -2.67. The minimum atomic E-state index is -0.460. The zero-order chi connectivity index (χ0) is 17.6. The average Bonchev–Trinajstić information content (AvgIpc) is 3.18. The van der Waals surface area contributed by atoms with Gasteiger partial charge in [-0.25, -0.2) is 0 Å². The number of hydrogen-bond donors (Lipinski definition) is 2. The molecule has 0 bridgehead atoms. The summed E-state index contributed by atoms with van der Waals surface area (Å²) in [5.41, 5.74) is 1.19. The minimum absolute atomic E-state index is 0.0624. The third-order valence-corrected chi connectivity index (χ3v) is 6.71. The molecule has 3 atom stereocenters. The Labute approximate surface area is 150 Å². The van der Waals surface area contributed by atoms with Crippen molar-refractivity contribution in [2.45, 2.75) is 68.2 Å². The average molecular weight is 362 g/mol. The van der Waals surface area contributed by atoms with Gasteiger partial charge in [0.15, 0.2) is 5.82 Å². The van der Waals surface area contributed by atoms with Crippen LogP contribution in [0.4, 0.5) is 0 Å². The number of carbonyl (C=O) groups excluding carboxylic acids is 2. The molecule has 1 aromatic rings. The fraction of sp³-hybridized carbons (Fsp3) is 0.688. The van der Waals surface area contributed by atoms with Gasteiger partial charge in [-0.3, -0.25) is 9.59 Å². The maximum absolute atomic E-state index is 12.7. The fourth-order valence-electron chi connectivity index (χ4n) is 3.95. The monoisotopic (exact) mass is 362 g/mol. The molecule has 8 nitrogen and oxygen atoms in total. The van der Waals surface area contributed by atoms with Crippen LogP contribution in [0, 0.1) is 0 Å². The highest BCUT2D eigenvalue weighted by Gasteiger charge is 2.63. The van der Waals surface area contributed by atoms with E-state index in [-0.39, 0.29) is 28.0 Å². The van der Waals surface area contributed by atoms with E-state index in [1.807, 2.05) is 0 Å². The number of H-pyrrole nitrogens is 1. The number of nitrogens with one attached hydrogen (secondary N) is 2. The quantitative estimate of drug-likeness (QED) is 0.618. The molecule has 2 amide bonds. The van der Waals surface area contributed by atoms with Gasteiger partial charge in [0.1, 0.15) is 17.5 Å². The zero-order valence-corrected chi connectivity index (χ0v) is 15.2. The Morgan fingerprint density at radius 3 is 3.00 bits per heavy atom. The first-order valence-electron chi connectivity index (χ1n) is 8.68. The molecule has 1 aromatic heterocycles. The van der Waals surface area contributed by atoms with Gasteiger partial charge in [-0.15, -0.1) is 22.0 Å². The van der Waals surface area contributed by atoms with Crippen molar-refractivity contribution < 1.29 is 9.59 Å². The largest absolute Gasteiger partial charge is 0.341 e. The maximum atomic E-state index is 12.7. The van der Waals surface area contributed by atoms with Gasteiger partial charge in [-0.05, 0) is 39.5 Å². The van der Waals surface area contributed by atoms with Gasteiger partial charge in [0.2, 0.25) is 11.8 Å². The Kier molecular flexibility index (Phi) is 4.05. The minimum Gasteiger partial charge on any atom is -0.341 e. The summed E-state index contributed by atoms with van der Waals surface area (Å²) in [6.45, 7) is 4.13. The number of β-lactam (4-membered cyclic amide) rings is 1. The molecule has 0 aromatic carbocycles. The molecule has 134 valence electrons. The van der Waals surface area contributed by atoms with Gasteiger partial charge in [0.05, 0.1) is 0 Å². The summed E-state index contributed by atoms with van der Waals surface area (Å²) in [7, 11) is 0. The molecule has 2 aliphatic heterocycles. The van der Waals surface area contributed by atoms with E-state index in [1.165, 1.54) is 12.0 Å². The summed E-state index contributed by atoms with van der Waals surface area (Å²) in [5.74, 6) is 0.391. The number of rotatable bonds is 4. The molecular weight excluding hydrogens is 340 g/mol. The van der Waals surface area contributed by atoms with Crippen molar-refractivity contribution in [2.24, 2.45) is 0 Å². The predicted molar refractivity (Wildman–Crippen MR) is 92.3 cm³/mol. The van der Waals surface area contributed by atoms with E-state index >= 15 is 0 Å². The predicted octanol–water partition coefficient (Wildman–Crippen LogP) is 1.31. The second-order valence-electron chi connectivity index (χ2n) is 7.36. The second kappa shape index (κ2) is 6.12. The molecule has 2 unspecified atom stereocenters. The third-order valence-electron chi connectivity index (χ3n) is 5.14. The van der Waals surface area contributed by atoms with Crippen LogP contribution in [0.25, 0.3) is 0 Å². The second-order valence-corrected chi connectivity index (χ2v) is 9.13. The summed E-state index contributed by atoms with van der Waals surface area (Å²) in [6.07, 6.45) is 6.96. The van der Waals surface area contributed by atoms with Gasteiger partial charge in [-0.1, -0.05) is 16.9 Å². The number of aromatic amines is 1. The summed E-state index contributed by atoms with van der Waals surface area (Å²) >= 11 is 1.68. The van der Waals surface area contributed by atoms with Crippen molar-refractivity contribution in [3.8, 4) is 0 Å². The molecule has 0 spiro atoms. The van der Waals surface area contributed by atoms with Gasteiger partial charge < -0.3 is 10.2 Å². The van der Waals surface area contributed by atoms with Crippen molar-refractivity contribution in [1.29, 1.82) is 0 Å². The van der Waals surface area contributed by atoms with Crippen LogP contribution in [0.3, 0.4) is 0 Å². The molecule has 1 aliphatic carbocycles. The molecule has 9 heteroatoms. The highest BCUT2D eigenvalue weighted by atomic mass is 32.2. The topological polar surface area (TPSA) is 104 Å². The molecule has 0 radical (unpaired) electrons. The smallest absolute Gasteiger partial charge is 0.249 e. The number of amides is 2. The van der Waals surface area contributed by atoms with Crippen LogP contribution >= 0.6 is 11.8 Å². The van der Waals surface area contributed by atoms with E-state index in [2.05, 4.69) is 45.9 Å². The summed E-state index contributed by atoms with van der Waals surface area (Å²) < 4.78 is -0.241. The van der Waals surface area contributed by atoms with Crippen LogP contribution in [0.2, 0.25) is 0 Å². The van der Waals surface area contributed by atoms with Crippen LogP contribution in [0.1, 0.15) is 57.8 Å². The fourth-order valence-corrected chi connectivity index (χ4v) is 5.58. The Morgan fingerprint density at radius 1 is 1.48 bits per heavy atom. The number of thioether (sulfide) groups is 1. The van der Waals surface area contributed by atoms with Crippen molar-refractivity contribution >= 4 is 23.6 Å². The molecule has 3 heterocycles. The molecule has 0 saturated carbocycles. The number of allylic oxidation sites excluding steroid dienone is 1. The number of nitrogens with zero attached hydrogens (tertiary/aromatic N) is 4. The van der Waals surface area contributed by atoms with Crippen LogP contribution in [-0.2, 0) is 9.59 Å². The molecular formula is C16H22N6O2S. The van der Waals surface area contributed by atoms with Crippen LogP contribution < -0.4 is 5.32 Å². The lowest BCUT2D eigenvalue weighted by Gasteiger charge is -2.44. The Balaban J connectivity index is 1.44. The highest BCUT2D eigenvalue weighted by molar-refractivity contribution is 8.01. The number of aromatic nitrogens is 4. The summed E-state index contributed by atoms with van der Waals surface area (Å²) in [6, 6.07) is -0.694. The van der Waals surface area contributed by atoms with Gasteiger partial charge in [-0.2, -0.15) is 5.21 Å². The number of fused-ring (bicyclic) bond motifs is 1. The standard InChI is InChI=1S/C16H22N6O2S/c1-16(2)12(13-18-20-21-19-13)22-14(24)11(15(22)25-16)17-10(23)8-9-6-4-3-5-7-9/h6,11-12,15H,3-5,7-8H2,1-2H3,(H,17,23)(H,18,19,20,21)/t11?,12?,15-/m1/s1. The molecule has 2 fully saturated rings. The van der Waals surface area contributed by atoms with E-state index in [0.29, 0.717) is 12.2 Å². The van der Waals surface area contributed by atoms with E-state index in [1.54, 1.807) is 16.7 Å².